The van der Waals surface area contributed by atoms with Crippen molar-refractivity contribution in [2.24, 2.45) is 0 Å². The van der Waals surface area contributed by atoms with E-state index in [0.29, 0.717) is 19.4 Å². The Labute approximate surface area is 65.1 Å². The first kappa shape index (κ1) is 8.20. The third-order valence-corrected chi connectivity index (χ3v) is 1.43. The zero-order valence-electron chi connectivity index (χ0n) is 6.50. The molecule has 4 heteroatoms. The van der Waals surface area contributed by atoms with E-state index in [1.807, 2.05) is 6.92 Å². The van der Waals surface area contributed by atoms with E-state index >= 15 is 0 Å². The molecule has 1 fully saturated rings. The molecule has 0 N–H and O–H groups in total. The van der Waals surface area contributed by atoms with Crippen LogP contribution in [0.5, 0.6) is 0 Å². The molecule has 62 valence electrons. The Balaban J connectivity index is 2.41. The molecule has 0 aromatic rings. The quantitative estimate of drug-likeness (QED) is 0.560. The van der Waals surface area contributed by atoms with Gasteiger partial charge in [-0.15, -0.1) is 0 Å². The first-order chi connectivity index (χ1) is 5.25. The first-order valence-corrected chi connectivity index (χ1v) is 3.74. The molecule has 0 aromatic carbocycles. The van der Waals surface area contributed by atoms with Gasteiger partial charge in [0.25, 0.3) is 11.8 Å². The average Bonchev–Trinajstić information content (AvgIpc) is 2.29. The van der Waals surface area contributed by atoms with Crippen LogP contribution < -0.4 is 0 Å². The summed E-state index contributed by atoms with van der Waals surface area (Å²) in [5.41, 5.74) is 0. The fourth-order valence-electron chi connectivity index (χ4n) is 0.883. The number of nitrogens with zero attached hydrogens (tertiary/aromatic N) is 1. The minimum atomic E-state index is -0.219. The molecule has 4 nitrogen and oxygen atoms in total. The maximum absolute atomic E-state index is 10.9. The fourth-order valence-corrected chi connectivity index (χ4v) is 0.883. The van der Waals surface area contributed by atoms with Crippen LogP contribution in [0.1, 0.15) is 26.2 Å². The standard InChI is InChI=1S/C7H11NO3/c1-2-5-11-8-6(9)3-4-7(8)10/h2-5H2,1H3. The summed E-state index contributed by atoms with van der Waals surface area (Å²) < 4.78 is 0. The highest BCUT2D eigenvalue weighted by atomic mass is 16.7. The summed E-state index contributed by atoms with van der Waals surface area (Å²) in [6.07, 6.45) is 1.39. The number of rotatable bonds is 3. The second-order valence-corrected chi connectivity index (χ2v) is 2.42. The second-order valence-electron chi connectivity index (χ2n) is 2.42. The Bertz CT molecular complexity index is 163. The third kappa shape index (κ3) is 1.77. The monoisotopic (exact) mass is 157 g/mol. The van der Waals surface area contributed by atoms with Gasteiger partial charge >= 0.3 is 0 Å². The van der Waals surface area contributed by atoms with E-state index in [1.165, 1.54) is 0 Å². The van der Waals surface area contributed by atoms with Gasteiger partial charge in [-0.2, -0.15) is 5.06 Å². The molecule has 1 rings (SSSR count). The zero-order valence-corrected chi connectivity index (χ0v) is 6.50. The molecule has 1 heterocycles. The fraction of sp³-hybridized carbons (Fsp3) is 0.714. The first-order valence-electron chi connectivity index (χ1n) is 3.74. The van der Waals surface area contributed by atoms with Crippen molar-refractivity contribution in [1.29, 1.82) is 0 Å². The zero-order chi connectivity index (χ0) is 8.27. The summed E-state index contributed by atoms with van der Waals surface area (Å²) >= 11 is 0. The van der Waals surface area contributed by atoms with Crippen LogP contribution in [0.4, 0.5) is 0 Å². The van der Waals surface area contributed by atoms with Gasteiger partial charge in [0, 0.05) is 12.8 Å². The minimum Gasteiger partial charge on any atom is -0.272 e. The Kier molecular flexibility index (Phi) is 2.59. The maximum Gasteiger partial charge on any atom is 0.253 e. The molecule has 1 aliphatic heterocycles. The smallest absolute Gasteiger partial charge is 0.253 e. The van der Waals surface area contributed by atoms with E-state index < -0.39 is 0 Å². The normalized spacial score (nSPS) is 18.1. The van der Waals surface area contributed by atoms with Crippen LogP contribution >= 0.6 is 0 Å². The molecule has 1 aliphatic rings. The van der Waals surface area contributed by atoms with Gasteiger partial charge < -0.3 is 0 Å². The SMILES string of the molecule is CCCON1C(=O)CCC1=O. The maximum atomic E-state index is 10.9. The average molecular weight is 157 g/mol. The van der Waals surface area contributed by atoms with Gasteiger partial charge in [0.15, 0.2) is 0 Å². The van der Waals surface area contributed by atoms with Crippen molar-refractivity contribution in [3.8, 4) is 0 Å². The minimum absolute atomic E-state index is 0.219. The molecule has 0 aromatic heterocycles. The number of hydroxylamine groups is 2. The van der Waals surface area contributed by atoms with Crippen molar-refractivity contribution >= 4 is 11.8 Å². The highest BCUT2D eigenvalue weighted by molar-refractivity contribution is 6.00. The van der Waals surface area contributed by atoms with E-state index in [1.54, 1.807) is 0 Å². The van der Waals surface area contributed by atoms with E-state index in [4.69, 9.17) is 4.84 Å². The van der Waals surface area contributed by atoms with E-state index in [9.17, 15) is 9.59 Å². The molecule has 0 atom stereocenters. The van der Waals surface area contributed by atoms with Crippen molar-refractivity contribution in [2.45, 2.75) is 26.2 Å². The summed E-state index contributed by atoms with van der Waals surface area (Å²) in [6.45, 7) is 2.35. The van der Waals surface area contributed by atoms with Gasteiger partial charge in [0.05, 0.1) is 6.61 Å². The summed E-state index contributed by atoms with van der Waals surface area (Å²) in [6, 6.07) is 0. The van der Waals surface area contributed by atoms with Crippen LogP contribution in [0.25, 0.3) is 0 Å². The van der Waals surface area contributed by atoms with Gasteiger partial charge in [-0.1, -0.05) is 6.92 Å². The van der Waals surface area contributed by atoms with Crippen molar-refractivity contribution in [1.82, 2.24) is 5.06 Å². The van der Waals surface area contributed by atoms with Gasteiger partial charge in [-0.05, 0) is 6.42 Å². The second kappa shape index (κ2) is 3.48. The Morgan fingerprint density at radius 2 is 1.91 bits per heavy atom. The summed E-state index contributed by atoms with van der Waals surface area (Å²) in [5, 5.41) is 0.878. The van der Waals surface area contributed by atoms with Crippen LogP contribution in [0.15, 0.2) is 0 Å². The van der Waals surface area contributed by atoms with E-state index in [2.05, 4.69) is 0 Å². The van der Waals surface area contributed by atoms with Gasteiger partial charge in [0.1, 0.15) is 0 Å². The van der Waals surface area contributed by atoms with Gasteiger partial charge in [0.2, 0.25) is 0 Å². The lowest BCUT2D eigenvalue weighted by Crippen LogP contribution is -2.29. The number of hydrogen-bond donors (Lipinski definition) is 0. The molecule has 0 spiro atoms. The van der Waals surface area contributed by atoms with Crippen molar-refractivity contribution in [3.05, 3.63) is 0 Å². The molecule has 0 unspecified atom stereocenters. The topological polar surface area (TPSA) is 46.6 Å². The van der Waals surface area contributed by atoms with Gasteiger partial charge in [-0.25, -0.2) is 0 Å². The molecular weight excluding hydrogens is 146 g/mol. The largest absolute Gasteiger partial charge is 0.272 e. The molecule has 1 saturated heterocycles. The van der Waals surface area contributed by atoms with Crippen LogP contribution in [-0.2, 0) is 14.4 Å². The highest BCUT2D eigenvalue weighted by Crippen LogP contribution is 2.11. The summed E-state index contributed by atoms with van der Waals surface area (Å²) in [5.74, 6) is -0.438. The number of carbonyl (C=O) groups is 2. The third-order valence-electron chi connectivity index (χ3n) is 1.43. The van der Waals surface area contributed by atoms with Crippen LogP contribution in [-0.4, -0.2) is 23.5 Å². The number of imide groups is 1. The molecule has 0 saturated carbocycles. The van der Waals surface area contributed by atoms with Crippen LogP contribution in [0.3, 0.4) is 0 Å². The molecule has 11 heavy (non-hydrogen) atoms. The predicted molar refractivity (Wildman–Crippen MR) is 37.3 cm³/mol. The molecular formula is C7H11NO3. The number of hydrogen-bond acceptors (Lipinski definition) is 3. The number of carbonyl (C=O) groups excluding carboxylic acids is 2. The highest BCUT2D eigenvalue weighted by Gasteiger charge is 2.29. The van der Waals surface area contributed by atoms with Crippen LogP contribution in [0, 0.1) is 0 Å². The van der Waals surface area contributed by atoms with Crippen LogP contribution in [0.2, 0.25) is 0 Å². The Morgan fingerprint density at radius 3 is 2.36 bits per heavy atom. The lowest BCUT2D eigenvalue weighted by atomic mass is 10.4. The molecule has 0 radical (unpaired) electrons. The van der Waals surface area contributed by atoms with E-state index in [-0.39, 0.29) is 11.8 Å². The molecule has 0 aliphatic carbocycles. The summed E-state index contributed by atoms with van der Waals surface area (Å²) in [4.78, 5) is 26.7. The van der Waals surface area contributed by atoms with E-state index in [0.717, 1.165) is 11.5 Å². The molecule has 2 amide bonds. The lowest BCUT2D eigenvalue weighted by Gasteiger charge is -2.11. The van der Waals surface area contributed by atoms with Crippen molar-refractivity contribution in [3.63, 3.8) is 0 Å². The summed E-state index contributed by atoms with van der Waals surface area (Å²) in [7, 11) is 0. The van der Waals surface area contributed by atoms with Gasteiger partial charge in [-0.3, -0.25) is 14.4 Å². The van der Waals surface area contributed by atoms with Crippen molar-refractivity contribution < 1.29 is 14.4 Å². The number of amides is 2. The Morgan fingerprint density at radius 1 is 1.36 bits per heavy atom. The molecule has 0 bridgehead atoms. The van der Waals surface area contributed by atoms with Crippen molar-refractivity contribution in [2.75, 3.05) is 6.61 Å². The lowest BCUT2D eigenvalue weighted by molar-refractivity contribution is -0.187. The Hall–Kier alpha value is -0.900. The predicted octanol–water partition coefficient (Wildman–Crippen LogP) is 0.477.